The average molecular weight is 195 g/mol. The molecule has 14 heavy (non-hydrogen) atoms. The largest absolute Gasteiger partial charge is 0.289 e. The normalized spacial score (nSPS) is 25.7. The summed E-state index contributed by atoms with van der Waals surface area (Å²) in [4.78, 5) is 0. The second kappa shape index (κ2) is 4.35. The van der Waals surface area contributed by atoms with Gasteiger partial charge in [0.05, 0.1) is 0 Å². The van der Waals surface area contributed by atoms with E-state index in [2.05, 4.69) is 6.92 Å². The van der Waals surface area contributed by atoms with Gasteiger partial charge in [0.15, 0.2) is 0 Å². The zero-order valence-electron chi connectivity index (χ0n) is 9.13. The summed E-state index contributed by atoms with van der Waals surface area (Å²) in [6, 6.07) is 0. The molecule has 0 unspecified atom stereocenters. The van der Waals surface area contributed by atoms with Crippen LogP contribution in [-0.2, 0) is 0 Å². The molecule has 2 rings (SSSR count). The summed E-state index contributed by atoms with van der Waals surface area (Å²) in [6.45, 7) is 3.02. The Morgan fingerprint density at radius 3 is 2.50 bits per heavy atom. The first-order chi connectivity index (χ1) is 6.79. The number of nitrogens with zero attached hydrogens (tertiary/aromatic N) is 1. The topological polar surface area (TPSA) is 23.5 Å². The Balaban J connectivity index is 2.12. The smallest absolute Gasteiger partial charge is 0.0452 e. The highest BCUT2D eigenvalue weighted by Crippen LogP contribution is 2.35. The molecule has 0 aromatic heterocycles. The van der Waals surface area contributed by atoms with Crippen LogP contribution in [0.25, 0.3) is 0 Å². The van der Waals surface area contributed by atoms with E-state index in [1.807, 2.05) is 0 Å². The molecule has 0 radical (unpaired) electrons. The quantitative estimate of drug-likeness (QED) is 0.693. The monoisotopic (exact) mass is 195 g/mol. The van der Waals surface area contributed by atoms with E-state index in [1.54, 1.807) is 0 Å². The summed E-state index contributed by atoms with van der Waals surface area (Å²) in [6.07, 6.45) is 8.92. The van der Waals surface area contributed by atoms with Crippen molar-refractivity contribution in [3.63, 3.8) is 0 Å². The van der Waals surface area contributed by atoms with E-state index in [1.165, 1.54) is 54.9 Å². The number of allylic oxidation sites excluding steroid dienone is 2. The second-order valence-electron chi connectivity index (χ2n) is 4.73. The fourth-order valence-electron chi connectivity index (χ4n) is 2.90. The SMILES string of the molecule is CC1=C(C2CCCCC2)N(O)CCC1. The standard InChI is InChI=1S/C12H21NO/c1-10-6-5-9-13(14)12(10)11-7-3-2-4-8-11/h11,14H,2-9H2,1H3. The highest BCUT2D eigenvalue weighted by atomic mass is 16.5. The third-order valence-electron chi connectivity index (χ3n) is 3.63. The van der Waals surface area contributed by atoms with E-state index in [0.717, 1.165) is 13.0 Å². The summed E-state index contributed by atoms with van der Waals surface area (Å²) < 4.78 is 0. The lowest BCUT2D eigenvalue weighted by molar-refractivity contribution is -0.0744. The zero-order valence-corrected chi connectivity index (χ0v) is 9.13. The van der Waals surface area contributed by atoms with Crippen molar-refractivity contribution in [1.29, 1.82) is 0 Å². The van der Waals surface area contributed by atoms with Gasteiger partial charge in [-0.05, 0) is 32.6 Å². The van der Waals surface area contributed by atoms with Gasteiger partial charge in [-0.25, -0.2) is 0 Å². The van der Waals surface area contributed by atoms with E-state index >= 15 is 0 Å². The Labute approximate surface area is 86.6 Å². The van der Waals surface area contributed by atoms with Crippen molar-refractivity contribution < 1.29 is 5.21 Å². The van der Waals surface area contributed by atoms with Crippen molar-refractivity contribution in [1.82, 2.24) is 5.06 Å². The molecule has 80 valence electrons. The fourth-order valence-corrected chi connectivity index (χ4v) is 2.90. The lowest BCUT2D eigenvalue weighted by Crippen LogP contribution is -2.30. The molecule has 0 bridgehead atoms. The molecular weight excluding hydrogens is 174 g/mol. The van der Waals surface area contributed by atoms with Gasteiger partial charge in [-0.15, -0.1) is 0 Å². The van der Waals surface area contributed by atoms with Crippen molar-refractivity contribution in [3.05, 3.63) is 11.3 Å². The van der Waals surface area contributed by atoms with Gasteiger partial charge in [0.1, 0.15) is 0 Å². The van der Waals surface area contributed by atoms with Gasteiger partial charge in [0, 0.05) is 18.2 Å². The van der Waals surface area contributed by atoms with Gasteiger partial charge in [-0.2, -0.15) is 0 Å². The number of hydroxylamine groups is 2. The van der Waals surface area contributed by atoms with E-state index in [9.17, 15) is 5.21 Å². The van der Waals surface area contributed by atoms with Crippen LogP contribution in [-0.4, -0.2) is 16.8 Å². The lowest BCUT2D eigenvalue weighted by Gasteiger charge is -2.34. The van der Waals surface area contributed by atoms with Crippen molar-refractivity contribution in [3.8, 4) is 0 Å². The fraction of sp³-hybridized carbons (Fsp3) is 0.833. The predicted octanol–water partition coefficient (Wildman–Crippen LogP) is 3.33. The molecule has 1 aliphatic carbocycles. The minimum absolute atomic E-state index is 0.647. The summed E-state index contributed by atoms with van der Waals surface area (Å²) >= 11 is 0. The van der Waals surface area contributed by atoms with Crippen LogP contribution in [0.1, 0.15) is 51.9 Å². The molecule has 1 fully saturated rings. The molecule has 0 atom stereocenters. The minimum Gasteiger partial charge on any atom is -0.289 e. The predicted molar refractivity (Wildman–Crippen MR) is 57.0 cm³/mol. The van der Waals surface area contributed by atoms with Crippen molar-refractivity contribution in [2.24, 2.45) is 5.92 Å². The van der Waals surface area contributed by atoms with Gasteiger partial charge in [0.25, 0.3) is 0 Å². The van der Waals surface area contributed by atoms with E-state index in [4.69, 9.17) is 0 Å². The van der Waals surface area contributed by atoms with Crippen LogP contribution in [0.4, 0.5) is 0 Å². The third-order valence-corrected chi connectivity index (χ3v) is 3.63. The third kappa shape index (κ3) is 1.95. The van der Waals surface area contributed by atoms with Crippen LogP contribution < -0.4 is 0 Å². The maximum Gasteiger partial charge on any atom is 0.0452 e. The number of hydrogen-bond acceptors (Lipinski definition) is 2. The summed E-state index contributed by atoms with van der Waals surface area (Å²) in [5, 5.41) is 11.4. The first kappa shape index (κ1) is 10.0. The van der Waals surface area contributed by atoms with E-state index in [0.29, 0.717) is 5.92 Å². The highest BCUT2D eigenvalue weighted by molar-refractivity contribution is 5.16. The molecule has 1 heterocycles. The molecular formula is C12H21NO. The van der Waals surface area contributed by atoms with Crippen LogP contribution in [0.5, 0.6) is 0 Å². The molecule has 0 aromatic rings. The molecule has 1 N–H and O–H groups in total. The Morgan fingerprint density at radius 1 is 1.14 bits per heavy atom. The first-order valence-corrected chi connectivity index (χ1v) is 5.95. The first-order valence-electron chi connectivity index (χ1n) is 5.95. The molecule has 2 aliphatic rings. The Kier molecular flexibility index (Phi) is 3.12. The number of rotatable bonds is 1. The lowest BCUT2D eigenvalue weighted by atomic mass is 9.83. The molecule has 0 amide bonds. The van der Waals surface area contributed by atoms with Crippen molar-refractivity contribution >= 4 is 0 Å². The van der Waals surface area contributed by atoms with Gasteiger partial charge in [-0.1, -0.05) is 24.8 Å². The highest BCUT2D eigenvalue weighted by Gasteiger charge is 2.25. The van der Waals surface area contributed by atoms with Crippen molar-refractivity contribution in [2.45, 2.75) is 51.9 Å². The summed E-state index contributed by atoms with van der Waals surface area (Å²) in [5.74, 6) is 0.647. The number of hydrogen-bond donors (Lipinski definition) is 1. The molecule has 2 heteroatoms. The maximum atomic E-state index is 9.87. The van der Waals surface area contributed by atoms with Crippen molar-refractivity contribution in [2.75, 3.05) is 6.54 Å². The average Bonchev–Trinajstić information content (AvgIpc) is 2.19. The summed E-state index contributed by atoms with van der Waals surface area (Å²) in [5.41, 5.74) is 2.68. The van der Waals surface area contributed by atoms with Crippen LogP contribution in [0.15, 0.2) is 11.3 Å². The molecule has 1 saturated carbocycles. The van der Waals surface area contributed by atoms with Crippen LogP contribution >= 0.6 is 0 Å². The van der Waals surface area contributed by atoms with Crippen LogP contribution in [0, 0.1) is 5.92 Å². The molecule has 0 saturated heterocycles. The molecule has 0 aromatic carbocycles. The molecule has 0 spiro atoms. The van der Waals surface area contributed by atoms with Crippen LogP contribution in [0.2, 0.25) is 0 Å². The van der Waals surface area contributed by atoms with Gasteiger partial charge in [0.2, 0.25) is 0 Å². The maximum absolute atomic E-state index is 9.87. The minimum atomic E-state index is 0.647. The van der Waals surface area contributed by atoms with Gasteiger partial charge >= 0.3 is 0 Å². The Bertz CT molecular complexity index is 228. The molecule has 2 nitrogen and oxygen atoms in total. The van der Waals surface area contributed by atoms with Crippen LogP contribution in [0.3, 0.4) is 0 Å². The van der Waals surface area contributed by atoms with Gasteiger partial charge < -0.3 is 0 Å². The summed E-state index contributed by atoms with van der Waals surface area (Å²) in [7, 11) is 0. The van der Waals surface area contributed by atoms with E-state index < -0.39 is 0 Å². The van der Waals surface area contributed by atoms with E-state index in [-0.39, 0.29) is 0 Å². The second-order valence-corrected chi connectivity index (χ2v) is 4.73. The Hall–Kier alpha value is -0.500. The molecule has 1 aliphatic heterocycles. The zero-order chi connectivity index (χ0) is 9.97. The van der Waals surface area contributed by atoms with Gasteiger partial charge in [-0.3, -0.25) is 10.3 Å². The Morgan fingerprint density at radius 2 is 1.86 bits per heavy atom.